The summed E-state index contributed by atoms with van der Waals surface area (Å²) in [6, 6.07) is 13.7. The van der Waals surface area contributed by atoms with E-state index in [-0.39, 0.29) is 5.91 Å². The van der Waals surface area contributed by atoms with Crippen LogP contribution >= 0.6 is 0 Å². The number of hydrogen-bond donors (Lipinski definition) is 1. The SMILES string of the molecule is O=C(Nc1ccncc1)C1=CN(Cc2ccccc2)C=CC1. The van der Waals surface area contributed by atoms with E-state index in [2.05, 4.69) is 22.4 Å². The van der Waals surface area contributed by atoms with Crippen LogP contribution in [0.25, 0.3) is 0 Å². The molecule has 22 heavy (non-hydrogen) atoms. The number of rotatable bonds is 4. The summed E-state index contributed by atoms with van der Waals surface area (Å²) in [4.78, 5) is 18.3. The van der Waals surface area contributed by atoms with Gasteiger partial charge in [-0.2, -0.15) is 0 Å². The molecule has 0 radical (unpaired) electrons. The molecule has 1 aliphatic rings. The Morgan fingerprint density at radius 3 is 2.68 bits per heavy atom. The van der Waals surface area contributed by atoms with Gasteiger partial charge in [0, 0.05) is 42.6 Å². The average Bonchev–Trinajstić information content (AvgIpc) is 2.57. The number of carbonyl (C=O) groups excluding carboxylic acids is 1. The first-order chi connectivity index (χ1) is 10.8. The van der Waals surface area contributed by atoms with Crippen molar-refractivity contribution in [3.63, 3.8) is 0 Å². The second kappa shape index (κ2) is 6.72. The van der Waals surface area contributed by atoms with Crippen LogP contribution in [0.5, 0.6) is 0 Å². The molecule has 1 aromatic heterocycles. The Morgan fingerprint density at radius 1 is 1.14 bits per heavy atom. The van der Waals surface area contributed by atoms with Crippen molar-refractivity contribution in [2.24, 2.45) is 0 Å². The minimum Gasteiger partial charge on any atom is -0.350 e. The summed E-state index contributed by atoms with van der Waals surface area (Å²) in [7, 11) is 0. The Hall–Kier alpha value is -2.88. The summed E-state index contributed by atoms with van der Waals surface area (Å²) in [5, 5.41) is 2.89. The molecule has 0 spiro atoms. The molecule has 1 aliphatic heterocycles. The smallest absolute Gasteiger partial charge is 0.253 e. The topological polar surface area (TPSA) is 45.2 Å². The molecule has 0 fully saturated rings. The third kappa shape index (κ3) is 3.61. The summed E-state index contributed by atoms with van der Waals surface area (Å²) < 4.78 is 0. The van der Waals surface area contributed by atoms with Crippen LogP contribution in [-0.4, -0.2) is 15.8 Å². The molecule has 1 aromatic carbocycles. The van der Waals surface area contributed by atoms with Gasteiger partial charge in [-0.1, -0.05) is 36.4 Å². The fourth-order valence-electron chi connectivity index (χ4n) is 2.30. The predicted octanol–water partition coefficient (Wildman–Crippen LogP) is 3.32. The summed E-state index contributed by atoms with van der Waals surface area (Å²) in [5.41, 5.74) is 2.71. The molecule has 1 amide bonds. The highest BCUT2D eigenvalue weighted by Crippen LogP contribution is 2.17. The van der Waals surface area contributed by atoms with Crippen molar-refractivity contribution in [2.75, 3.05) is 5.32 Å². The molecule has 2 aromatic rings. The second-order valence-electron chi connectivity index (χ2n) is 5.09. The number of amides is 1. The van der Waals surface area contributed by atoms with Gasteiger partial charge in [-0.05, 0) is 24.1 Å². The monoisotopic (exact) mass is 291 g/mol. The van der Waals surface area contributed by atoms with Crippen LogP contribution in [-0.2, 0) is 11.3 Å². The molecule has 0 aliphatic carbocycles. The Balaban J connectivity index is 1.67. The van der Waals surface area contributed by atoms with Gasteiger partial charge in [0.1, 0.15) is 0 Å². The molecule has 3 rings (SSSR count). The van der Waals surface area contributed by atoms with E-state index in [4.69, 9.17) is 0 Å². The van der Waals surface area contributed by atoms with Crippen molar-refractivity contribution in [1.82, 2.24) is 9.88 Å². The lowest BCUT2D eigenvalue weighted by molar-refractivity contribution is -0.113. The van der Waals surface area contributed by atoms with Gasteiger partial charge in [0.15, 0.2) is 0 Å². The quantitative estimate of drug-likeness (QED) is 0.940. The van der Waals surface area contributed by atoms with E-state index in [0.29, 0.717) is 6.42 Å². The van der Waals surface area contributed by atoms with Crippen LogP contribution in [0.4, 0.5) is 5.69 Å². The van der Waals surface area contributed by atoms with Crippen molar-refractivity contribution in [2.45, 2.75) is 13.0 Å². The van der Waals surface area contributed by atoms with Crippen LogP contribution in [0.3, 0.4) is 0 Å². The zero-order chi connectivity index (χ0) is 15.2. The largest absolute Gasteiger partial charge is 0.350 e. The molecule has 0 bridgehead atoms. The van der Waals surface area contributed by atoms with E-state index in [9.17, 15) is 4.79 Å². The average molecular weight is 291 g/mol. The number of nitrogens with zero attached hydrogens (tertiary/aromatic N) is 2. The van der Waals surface area contributed by atoms with Gasteiger partial charge in [-0.15, -0.1) is 0 Å². The normalized spacial score (nSPS) is 13.6. The molecule has 4 nitrogen and oxygen atoms in total. The van der Waals surface area contributed by atoms with Crippen molar-refractivity contribution in [3.8, 4) is 0 Å². The van der Waals surface area contributed by atoms with Crippen molar-refractivity contribution < 1.29 is 4.79 Å². The second-order valence-corrected chi connectivity index (χ2v) is 5.09. The van der Waals surface area contributed by atoms with E-state index >= 15 is 0 Å². The van der Waals surface area contributed by atoms with Crippen LogP contribution in [0.1, 0.15) is 12.0 Å². The highest BCUT2D eigenvalue weighted by molar-refractivity contribution is 6.03. The van der Waals surface area contributed by atoms with E-state index < -0.39 is 0 Å². The fourth-order valence-corrected chi connectivity index (χ4v) is 2.30. The maximum absolute atomic E-state index is 12.3. The zero-order valence-electron chi connectivity index (χ0n) is 12.1. The number of aromatic nitrogens is 1. The number of carbonyl (C=O) groups is 1. The molecule has 0 unspecified atom stereocenters. The molecular formula is C18H17N3O. The Morgan fingerprint density at radius 2 is 1.91 bits per heavy atom. The van der Waals surface area contributed by atoms with Gasteiger partial charge in [0.25, 0.3) is 5.91 Å². The van der Waals surface area contributed by atoms with Gasteiger partial charge in [-0.25, -0.2) is 0 Å². The summed E-state index contributed by atoms with van der Waals surface area (Å²) in [5.74, 6) is -0.0754. The lowest BCUT2D eigenvalue weighted by Crippen LogP contribution is -2.20. The van der Waals surface area contributed by atoms with Gasteiger partial charge in [0.05, 0.1) is 0 Å². The van der Waals surface area contributed by atoms with Crippen LogP contribution in [0.15, 0.2) is 78.9 Å². The Bertz CT molecular complexity index is 693. The Labute approximate surface area is 129 Å². The van der Waals surface area contributed by atoms with E-state index in [0.717, 1.165) is 17.8 Å². The zero-order valence-corrected chi connectivity index (χ0v) is 12.1. The minimum atomic E-state index is -0.0754. The fraction of sp³-hybridized carbons (Fsp3) is 0.111. The first kappa shape index (κ1) is 14.1. The van der Waals surface area contributed by atoms with E-state index in [1.54, 1.807) is 24.5 Å². The first-order valence-corrected chi connectivity index (χ1v) is 7.20. The highest BCUT2D eigenvalue weighted by atomic mass is 16.1. The van der Waals surface area contributed by atoms with Crippen LogP contribution in [0, 0.1) is 0 Å². The maximum Gasteiger partial charge on any atom is 0.253 e. The van der Waals surface area contributed by atoms with Crippen LogP contribution in [0.2, 0.25) is 0 Å². The number of pyridine rings is 1. The number of benzene rings is 1. The highest BCUT2D eigenvalue weighted by Gasteiger charge is 2.13. The standard InChI is InChI=1S/C18H17N3O/c22-18(20-17-8-10-19-11-9-17)16-7-4-12-21(14-16)13-15-5-2-1-3-6-15/h1-6,8-12,14H,7,13H2,(H,19,20,22). The molecule has 0 atom stereocenters. The van der Waals surface area contributed by atoms with Gasteiger partial charge >= 0.3 is 0 Å². The van der Waals surface area contributed by atoms with Gasteiger partial charge < -0.3 is 10.2 Å². The lowest BCUT2D eigenvalue weighted by atomic mass is 10.1. The maximum atomic E-state index is 12.3. The lowest BCUT2D eigenvalue weighted by Gasteiger charge is -2.21. The molecule has 110 valence electrons. The summed E-state index contributed by atoms with van der Waals surface area (Å²) in [6.45, 7) is 0.753. The number of nitrogens with one attached hydrogen (secondary N) is 1. The third-order valence-corrected chi connectivity index (χ3v) is 3.39. The van der Waals surface area contributed by atoms with Crippen molar-refractivity contribution >= 4 is 11.6 Å². The third-order valence-electron chi connectivity index (χ3n) is 3.39. The van der Waals surface area contributed by atoms with Gasteiger partial charge in [-0.3, -0.25) is 9.78 Å². The molecule has 0 saturated carbocycles. The van der Waals surface area contributed by atoms with Gasteiger partial charge in [0.2, 0.25) is 0 Å². The van der Waals surface area contributed by atoms with Crippen molar-refractivity contribution in [3.05, 3.63) is 84.5 Å². The van der Waals surface area contributed by atoms with E-state index in [1.807, 2.05) is 41.6 Å². The molecule has 4 heteroatoms. The number of anilines is 1. The minimum absolute atomic E-state index is 0.0754. The predicted molar refractivity (Wildman–Crippen MR) is 86.7 cm³/mol. The molecule has 0 saturated heterocycles. The van der Waals surface area contributed by atoms with Crippen LogP contribution < -0.4 is 5.32 Å². The number of hydrogen-bond acceptors (Lipinski definition) is 3. The number of allylic oxidation sites excluding steroid dienone is 1. The summed E-state index contributed by atoms with van der Waals surface area (Å²) in [6.07, 6.45) is 9.88. The van der Waals surface area contributed by atoms with E-state index in [1.165, 1.54) is 5.56 Å². The summed E-state index contributed by atoms with van der Waals surface area (Å²) >= 11 is 0. The van der Waals surface area contributed by atoms with Crippen molar-refractivity contribution in [1.29, 1.82) is 0 Å². The molecular weight excluding hydrogens is 274 g/mol. The first-order valence-electron chi connectivity index (χ1n) is 7.20. The molecule has 1 N–H and O–H groups in total. The molecule has 2 heterocycles. The Kier molecular flexibility index (Phi) is 4.30.